The van der Waals surface area contributed by atoms with E-state index in [-0.39, 0.29) is 12.0 Å². The molecule has 3 heterocycles. The number of hydrogen-bond acceptors (Lipinski definition) is 5. The molecule has 1 atom stereocenters. The molecule has 5 N–H and O–H groups in total. The number of fused-ring (bicyclic) bond motifs is 1. The number of likely N-dealkylation sites (tertiary alicyclic amines) is 1. The fourth-order valence-electron chi connectivity index (χ4n) is 3.57. The number of aliphatic hydroxyl groups is 1. The van der Waals surface area contributed by atoms with Gasteiger partial charge in [-0.25, -0.2) is 0 Å². The fourth-order valence-corrected chi connectivity index (χ4v) is 3.57. The number of nitrogens with zero attached hydrogens (tertiary/aromatic N) is 3. The number of carbonyl (C=O) groups excluding carboxylic acids is 2. The third-order valence-corrected chi connectivity index (χ3v) is 4.91. The van der Waals surface area contributed by atoms with Gasteiger partial charge in [0.15, 0.2) is 5.69 Å². The molecule has 0 saturated carbocycles. The quantitative estimate of drug-likeness (QED) is 0.519. The number of hydrogen-bond donors (Lipinski definition) is 4. The summed E-state index contributed by atoms with van der Waals surface area (Å²) in [6, 6.07) is 6.96. The first-order valence-corrected chi connectivity index (χ1v) is 9.06. The van der Waals surface area contributed by atoms with Gasteiger partial charge in [-0.15, -0.1) is 0 Å². The van der Waals surface area contributed by atoms with Crippen molar-refractivity contribution in [3.8, 4) is 0 Å². The zero-order valence-corrected chi connectivity index (χ0v) is 15.5. The maximum absolute atomic E-state index is 12.8. The number of H-pyrrole nitrogens is 1. The summed E-state index contributed by atoms with van der Waals surface area (Å²) < 4.78 is 1.62. The van der Waals surface area contributed by atoms with Gasteiger partial charge in [0, 0.05) is 55.0 Å². The van der Waals surface area contributed by atoms with E-state index in [9.17, 15) is 14.7 Å². The van der Waals surface area contributed by atoms with Crippen LogP contribution in [0.25, 0.3) is 10.9 Å². The average Bonchev–Trinajstić information content (AvgIpc) is 3.33. The van der Waals surface area contributed by atoms with Crippen LogP contribution in [0.2, 0.25) is 0 Å². The van der Waals surface area contributed by atoms with Gasteiger partial charge >= 0.3 is 0 Å². The molecule has 0 spiro atoms. The van der Waals surface area contributed by atoms with E-state index >= 15 is 0 Å². The summed E-state index contributed by atoms with van der Waals surface area (Å²) >= 11 is 0. The normalized spacial score (nSPS) is 17.3. The number of nitrogens with one attached hydrogen (secondary N) is 2. The molecule has 2 amide bonds. The summed E-state index contributed by atoms with van der Waals surface area (Å²) in [5, 5.41) is 17.7. The van der Waals surface area contributed by atoms with Crippen molar-refractivity contribution in [3.05, 3.63) is 47.4 Å². The molecule has 1 fully saturated rings. The summed E-state index contributed by atoms with van der Waals surface area (Å²) in [5.41, 5.74) is 8.14. The van der Waals surface area contributed by atoms with Crippen LogP contribution in [0.4, 0.5) is 5.69 Å². The van der Waals surface area contributed by atoms with Crippen LogP contribution in [0, 0.1) is 0 Å². The number of nitrogens with two attached hydrogens (primary N) is 1. The van der Waals surface area contributed by atoms with Crippen LogP contribution >= 0.6 is 0 Å². The molecule has 146 valence electrons. The first-order chi connectivity index (χ1) is 13.4. The number of rotatable bonds is 5. The van der Waals surface area contributed by atoms with Gasteiger partial charge in [0.25, 0.3) is 11.8 Å². The summed E-state index contributed by atoms with van der Waals surface area (Å²) in [7, 11) is 1.77. The molecule has 3 aromatic rings. The van der Waals surface area contributed by atoms with E-state index in [1.807, 2.05) is 6.20 Å². The molecular weight excluding hydrogens is 360 g/mol. The first-order valence-electron chi connectivity index (χ1n) is 9.06. The molecule has 0 aliphatic carbocycles. The van der Waals surface area contributed by atoms with Crippen LogP contribution in [-0.2, 0) is 13.6 Å². The molecule has 9 heteroatoms. The zero-order chi connectivity index (χ0) is 19.8. The van der Waals surface area contributed by atoms with E-state index in [2.05, 4.69) is 20.3 Å². The third kappa shape index (κ3) is 3.62. The molecular formula is C19H22N6O3. The lowest BCUT2D eigenvalue weighted by Crippen LogP contribution is -2.23. The lowest BCUT2D eigenvalue weighted by Gasteiger charge is -2.14. The van der Waals surface area contributed by atoms with E-state index in [1.165, 1.54) is 0 Å². The van der Waals surface area contributed by atoms with E-state index in [1.54, 1.807) is 36.0 Å². The molecule has 28 heavy (non-hydrogen) atoms. The summed E-state index contributed by atoms with van der Waals surface area (Å²) in [5.74, 6) is -0.840. The molecule has 1 aromatic carbocycles. The number of primary amides is 1. The van der Waals surface area contributed by atoms with Crippen LogP contribution in [0.15, 0.2) is 30.5 Å². The first kappa shape index (κ1) is 18.2. The van der Waals surface area contributed by atoms with Gasteiger partial charge in [0.05, 0.1) is 6.10 Å². The van der Waals surface area contributed by atoms with Gasteiger partial charge in [-0.05, 0) is 30.7 Å². The lowest BCUT2D eigenvalue weighted by molar-refractivity contribution is 0.0993. The molecule has 1 aliphatic rings. The molecule has 0 radical (unpaired) electrons. The van der Waals surface area contributed by atoms with Crippen LogP contribution in [0.1, 0.15) is 33.0 Å². The molecule has 1 unspecified atom stereocenters. The monoisotopic (exact) mass is 382 g/mol. The van der Waals surface area contributed by atoms with E-state index < -0.39 is 5.91 Å². The second-order valence-electron chi connectivity index (χ2n) is 7.16. The molecule has 1 aliphatic heterocycles. The Balaban J connectivity index is 1.53. The number of aromatic nitrogens is 3. The highest BCUT2D eigenvalue weighted by molar-refractivity contribution is 6.05. The maximum atomic E-state index is 12.8. The summed E-state index contributed by atoms with van der Waals surface area (Å²) in [4.78, 5) is 29.2. The number of aromatic amines is 1. The van der Waals surface area contributed by atoms with Crippen LogP contribution < -0.4 is 11.1 Å². The van der Waals surface area contributed by atoms with Crippen molar-refractivity contribution in [2.24, 2.45) is 12.8 Å². The van der Waals surface area contributed by atoms with E-state index in [0.717, 1.165) is 29.4 Å². The molecule has 9 nitrogen and oxygen atoms in total. The Bertz CT molecular complexity index is 1050. The van der Waals surface area contributed by atoms with Crippen molar-refractivity contribution in [3.63, 3.8) is 0 Å². The molecule has 0 bridgehead atoms. The van der Waals surface area contributed by atoms with Gasteiger partial charge in [0.1, 0.15) is 5.69 Å². The smallest absolute Gasteiger partial charge is 0.276 e. The number of aryl methyl sites for hydroxylation is 1. The van der Waals surface area contributed by atoms with Crippen LogP contribution in [0.5, 0.6) is 0 Å². The van der Waals surface area contributed by atoms with Gasteiger partial charge < -0.3 is 21.1 Å². The van der Waals surface area contributed by atoms with Crippen molar-refractivity contribution >= 4 is 28.4 Å². The van der Waals surface area contributed by atoms with Crippen molar-refractivity contribution in [2.75, 3.05) is 18.4 Å². The number of carbonyl (C=O) groups is 2. The predicted molar refractivity (Wildman–Crippen MR) is 104 cm³/mol. The Morgan fingerprint density at radius 2 is 2.21 bits per heavy atom. The largest absolute Gasteiger partial charge is 0.392 e. The highest BCUT2D eigenvalue weighted by Crippen LogP contribution is 2.22. The SMILES string of the molecule is Cn1cc(CN2CCC(O)C2)c(C(=O)Nc2ccc3[nH]c(C(N)=O)cc3c2)n1. The van der Waals surface area contributed by atoms with Gasteiger partial charge in [0.2, 0.25) is 0 Å². The second-order valence-corrected chi connectivity index (χ2v) is 7.16. The minimum atomic E-state index is -0.535. The van der Waals surface area contributed by atoms with Crippen LogP contribution in [0.3, 0.4) is 0 Å². The third-order valence-electron chi connectivity index (χ3n) is 4.91. The van der Waals surface area contributed by atoms with Gasteiger partial charge in [-0.2, -0.15) is 5.10 Å². The zero-order valence-electron chi connectivity index (χ0n) is 15.5. The Labute approximate surface area is 161 Å². The number of β-amino-alcohol motifs (C(OH)–C–C–N with tert-alkyl or cyclic N) is 1. The highest BCUT2D eigenvalue weighted by atomic mass is 16.3. The topological polar surface area (TPSA) is 129 Å². The second kappa shape index (κ2) is 7.10. The van der Waals surface area contributed by atoms with Gasteiger partial charge in [-0.1, -0.05) is 0 Å². The molecule has 1 saturated heterocycles. The highest BCUT2D eigenvalue weighted by Gasteiger charge is 2.24. The van der Waals surface area contributed by atoms with Crippen molar-refractivity contribution in [2.45, 2.75) is 19.1 Å². The molecule has 2 aromatic heterocycles. The molecule has 4 rings (SSSR count). The Morgan fingerprint density at radius 1 is 1.39 bits per heavy atom. The lowest BCUT2D eigenvalue weighted by atomic mass is 10.2. The standard InChI is InChI=1S/C19H22N6O3/c1-24-8-12(9-25-5-4-14(26)10-25)17(23-24)19(28)21-13-2-3-15-11(6-13)7-16(22-15)18(20)27/h2-3,6-8,14,22,26H,4-5,9-10H2,1H3,(H2,20,27)(H,21,28). The maximum Gasteiger partial charge on any atom is 0.276 e. The van der Waals surface area contributed by atoms with Crippen molar-refractivity contribution in [1.82, 2.24) is 19.7 Å². The van der Waals surface area contributed by atoms with E-state index in [4.69, 9.17) is 5.73 Å². The Hall–Kier alpha value is -3.17. The number of anilines is 1. The Morgan fingerprint density at radius 3 is 2.93 bits per heavy atom. The number of aliphatic hydroxyl groups excluding tert-OH is 1. The van der Waals surface area contributed by atoms with Gasteiger partial charge in [-0.3, -0.25) is 19.2 Å². The minimum absolute atomic E-state index is 0.305. The summed E-state index contributed by atoms with van der Waals surface area (Å²) in [6.45, 7) is 1.96. The number of amides is 2. The fraction of sp³-hybridized carbons (Fsp3) is 0.316. The van der Waals surface area contributed by atoms with Crippen molar-refractivity contribution < 1.29 is 14.7 Å². The minimum Gasteiger partial charge on any atom is -0.392 e. The predicted octanol–water partition coefficient (Wildman–Crippen LogP) is 0.819. The van der Waals surface area contributed by atoms with E-state index in [0.29, 0.717) is 30.2 Å². The van der Waals surface area contributed by atoms with Crippen molar-refractivity contribution in [1.29, 1.82) is 0 Å². The Kier molecular flexibility index (Phi) is 4.62. The van der Waals surface area contributed by atoms with Crippen LogP contribution in [-0.4, -0.2) is 55.8 Å². The average molecular weight is 382 g/mol. The number of benzene rings is 1. The summed E-state index contributed by atoms with van der Waals surface area (Å²) in [6.07, 6.45) is 2.26.